The second-order valence-electron chi connectivity index (χ2n) is 7.69. The van der Waals surface area contributed by atoms with Gasteiger partial charge in [-0.2, -0.15) is 5.26 Å². The summed E-state index contributed by atoms with van der Waals surface area (Å²) in [5.74, 6) is 0.881. The van der Waals surface area contributed by atoms with Gasteiger partial charge in [0, 0.05) is 6.07 Å². The molecule has 4 aromatic rings. The standard InChI is InChI=1S/C27H22ClN3O5/c1-3-35-24-12-17(10-19(14-29)26-30-22-9-8-20(34-2)13-23(22)31-26)11-21(28)25(24)36-15-16-4-6-18(7-5-16)27(32)33/h4-13H,3,15H2,1-2H3,(H,30,31)(H,32,33)/b19-10-. The van der Waals surface area contributed by atoms with Crippen molar-refractivity contribution in [3.63, 3.8) is 0 Å². The van der Waals surface area contributed by atoms with Crippen LogP contribution in [0.2, 0.25) is 5.02 Å². The zero-order valence-corrected chi connectivity index (χ0v) is 20.3. The van der Waals surface area contributed by atoms with Crippen LogP contribution in [0.25, 0.3) is 22.7 Å². The predicted octanol–water partition coefficient (Wildman–Crippen LogP) is 5.96. The van der Waals surface area contributed by atoms with E-state index < -0.39 is 5.97 Å². The minimum absolute atomic E-state index is 0.167. The second kappa shape index (κ2) is 10.8. The van der Waals surface area contributed by atoms with E-state index in [0.717, 1.165) is 11.1 Å². The highest BCUT2D eigenvalue weighted by molar-refractivity contribution is 6.32. The minimum Gasteiger partial charge on any atom is -0.497 e. The lowest BCUT2D eigenvalue weighted by atomic mass is 10.1. The second-order valence-corrected chi connectivity index (χ2v) is 8.10. The lowest BCUT2D eigenvalue weighted by molar-refractivity contribution is 0.0697. The first-order valence-electron chi connectivity index (χ1n) is 11.0. The maximum Gasteiger partial charge on any atom is 0.335 e. The monoisotopic (exact) mass is 503 g/mol. The van der Waals surface area contributed by atoms with Crippen LogP contribution in [0.5, 0.6) is 17.2 Å². The number of halogens is 1. The maximum atomic E-state index is 11.0. The van der Waals surface area contributed by atoms with Crippen LogP contribution in [0.15, 0.2) is 54.6 Å². The summed E-state index contributed by atoms with van der Waals surface area (Å²) in [6.07, 6.45) is 1.66. The molecule has 1 heterocycles. The number of carboxylic acids is 1. The lowest BCUT2D eigenvalue weighted by Crippen LogP contribution is -2.02. The van der Waals surface area contributed by atoms with Gasteiger partial charge in [-0.15, -0.1) is 0 Å². The summed E-state index contributed by atoms with van der Waals surface area (Å²) in [6, 6.07) is 17.4. The molecule has 3 aromatic carbocycles. The van der Waals surface area contributed by atoms with E-state index in [1.54, 1.807) is 43.5 Å². The lowest BCUT2D eigenvalue weighted by Gasteiger charge is -2.15. The van der Waals surface area contributed by atoms with E-state index in [-0.39, 0.29) is 12.2 Å². The van der Waals surface area contributed by atoms with Crippen LogP contribution in [0.3, 0.4) is 0 Å². The number of aromatic amines is 1. The van der Waals surface area contributed by atoms with E-state index in [9.17, 15) is 10.1 Å². The van der Waals surface area contributed by atoms with Crippen molar-refractivity contribution < 1.29 is 24.1 Å². The number of methoxy groups -OCH3 is 1. The number of allylic oxidation sites excluding steroid dienone is 1. The van der Waals surface area contributed by atoms with Crippen LogP contribution in [-0.2, 0) is 6.61 Å². The van der Waals surface area contributed by atoms with Crippen molar-refractivity contribution in [3.8, 4) is 23.3 Å². The Kier molecular flexibility index (Phi) is 7.42. The third-order valence-electron chi connectivity index (χ3n) is 5.29. The molecule has 0 aliphatic carbocycles. The third kappa shape index (κ3) is 5.43. The Labute approximate surface area is 212 Å². The largest absolute Gasteiger partial charge is 0.497 e. The van der Waals surface area contributed by atoms with E-state index in [1.165, 1.54) is 12.1 Å². The number of benzene rings is 3. The quantitative estimate of drug-likeness (QED) is 0.270. The fraction of sp³-hybridized carbons (Fsp3) is 0.148. The molecule has 0 atom stereocenters. The van der Waals surface area contributed by atoms with Crippen LogP contribution >= 0.6 is 11.6 Å². The van der Waals surface area contributed by atoms with Gasteiger partial charge in [0.15, 0.2) is 11.5 Å². The molecule has 0 bridgehead atoms. The van der Waals surface area contributed by atoms with Gasteiger partial charge in [0.25, 0.3) is 0 Å². The predicted molar refractivity (Wildman–Crippen MR) is 136 cm³/mol. The number of nitrogens with one attached hydrogen (secondary N) is 1. The van der Waals surface area contributed by atoms with Gasteiger partial charge in [-0.1, -0.05) is 23.7 Å². The summed E-state index contributed by atoms with van der Waals surface area (Å²) >= 11 is 6.54. The number of rotatable bonds is 9. The molecule has 0 saturated heterocycles. The minimum atomic E-state index is -0.994. The van der Waals surface area contributed by atoms with Crippen molar-refractivity contribution in [2.75, 3.05) is 13.7 Å². The van der Waals surface area contributed by atoms with Gasteiger partial charge in [0.05, 0.1) is 40.9 Å². The number of aromatic carboxylic acids is 1. The van der Waals surface area contributed by atoms with Crippen LogP contribution < -0.4 is 14.2 Å². The molecular weight excluding hydrogens is 482 g/mol. The molecule has 4 rings (SSSR count). The average Bonchev–Trinajstić information content (AvgIpc) is 3.30. The van der Waals surface area contributed by atoms with Crippen molar-refractivity contribution in [1.29, 1.82) is 5.26 Å². The molecule has 8 nitrogen and oxygen atoms in total. The van der Waals surface area contributed by atoms with E-state index in [4.69, 9.17) is 30.9 Å². The molecule has 0 saturated carbocycles. The Hall–Kier alpha value is -4.48. The number of fused-ring (bicyclic) bond motifs is 1. The Morgan fingerprint density at radius 2 is 1.94 bits per heavy atom. The zero-order valence-electron chi connectivity index (χ0n) is 19.5. The molecule has 0 fully saturated rings. The normalized spacial score (nSPS) is 11.2. The van der Waals surface area contributed by atoms with Gasteiger partial charge in [-0.3, -0.25) is 0 Å². The smallest absolute Gasteiger partial charge is 0.335 e. The summed E-state index contributed by atoms with van der Waals surface area (Å²) in [6.45, 7) is 2.39. The highest BCUT2D eigenvalue weighted by Crippen LogP contribution is 2.38. The number of carbonyl (C=O) groups is 1. The molecular formula is C27H22ClN3O5. The van der Waals surface area contributed by atoms with E-state index in [0.29, 0.717) is 51.4 Å². The van der Waals surface area contributed by atoms with Crippen molar-refractivity contribution in [3.05, 3.63) is 82.1 Å². The summed E-state index contributed by atoms with van der Waals surface area (Å²) in [4.78, 5) is 18.7. The highest BCUT2D eigenvalue weighted by Gasteiger charge is 2.15. The first-order chi connectivity index (χ1) is 17.4. The Balaban J connectivity index is 1.62. The Morgan fingerprint density at radius 1 is 1.17 bits per heavy atom. The summed E-state index contributed by atoms with van der Waals surface area (Å²) in [7, 11) is 1.58. The van der Waals surface area contributed by atoms with Gasteiger partial charge >= 0.3 is 5.97 Å². The highest BCUT2D eigenvalue weighted by atomic mass is 35.5. The van der Waals surface area contributed by atoms with Crippen molar-refractivity contribution in [2.45, 2.75) is 13.5 Å². The number of ether oxygens (including phenoxy) is 3. The zero-order chi connectivity index (χ0) is 25.7. The van der Waals surface area contributed by atoms with Gasteiger partial charge in [-0.05, 0) is 60.5 Å². The van der Waals surface area contributed by atoms with Crippen LogP contribution in [0.1, 0.15) is 34.2 Å². The fourth-order valence-electron chi connectivity index (χ4n) is 3.54. The van der Waals surface area contributed by atoms with Crippen LogP contribution in [0, 0.1) is 11.3 Å². The number of hydrogen-bond acceptors (Lipinski definition) is 6. The number of imidazole rings is 1. The average molecular weight is 504 g/mol. The number of aromatic nitrogens is 2. The fourth-order valence-corrected chi connectivity index (χ4v) is 3.81. The van der Waals surface area contributed by atoms with E-state index in [2.05, 4.69) is 16.0 Å². The summed E-state index contributed by atoms with van der Waals surface area (Å²) < 4.78 is 16.9. The number of hydrogen-bond donors (Lipinski definition) is 2. The molecule has 0 spiro atoms. The Bertz CT molecular complexity index is 1490. The topological polar surface area (TPSA) is 117 Å². The maximum absolute atomic E-state index is 11.0. The molecule has 9 heteroatoms. The first kappa shape index (κ1) is 24.6. The third-order valence-corrected chi connectivity index (χ3v) is 5.57. The number of nitriles is 1. The van der Waals surface area contributed by atoms with E-state index >= 15 is 0 Å². The molecule has 0 radical (unpaired) electrons. The van der Waals surface area contributed by atoms with E-state index in [1.807, 2.05) is 19.1 Å². The molecule has 36 heavy (non-hydrogen) atoms. The van der Waals surface area contributed by atoms with Gasteiger partial charge in [-0.25, -0.2) is 9.78 Å². The number of carboxylic acid groups (broad SMARTS) is 1. The molecule has 0 aliphatic heterocycles. The van der Waals surface area contributed by atoms with Gasteiger partial charge < -0.3 is 24.3 Å². The Morgan fingerprint density at radius 3 is 2.61 bits per heavy atom. The number of H-pyrrole nitrogens is 1. The molecule has 182 valence electrons. The SMILES string of the molecule is CCOc1cc(/C=C(/C#N)c2nc3ccc(OC)cc3[nH]2)cc(Cl)c1OCc1ccc(C(=O)O)cc1. The van der Waals surface area contributed by atoms with Crippen molar-refractivity contribution >= 4 is 40.3 Å². The van der Waals surface area contributed by atoms with Gasteiger partial charge in [0.2, 0.25) is 0 Å². The first-order valence-corrected chi connectivity index (χ1v) is 11.4. The molecule has 0 unspecified atom stereocenters. The van der Waals surface area contributed by atoms with Crippen LogP contribution in [-0.4, -0.2) is 34.8 Å². The summed E-state index contributed by atoms with van der Waals surface area (Å²) in [5, 5.41) is 19.2. The summed E-state index contributed by atoms with van der Waals surface area (Å²) in [5.41, 5.74) is 3.38. The number of nitrogens with zero attached hydrogens (tertiary/aromatic N) is 2. The molecule has 1 aromatic heterocycles. The van der Waals surface area contributed by atoms with Gasteiger partial charge in [0.1, 0.15) is 24.3 Å². The van der Waals surface area contributed by atoms with Crippen LogP contribution in [0.4, 0.5) is 0 Å². The molecule has 0 amide bonds. The molecule has 0 aliphatic rings. The molecule has 2 N–H and O–H groups in total. The van der Waals surface area contributed by atoms with Crippen molar-refractivity contribution in [1.82, 2.24) is 9.97 Å². The van der Waals surface area contributed by atoms with Crippen molar-refractivity contribution in [2.24, 2.45) is 0 Å².